The van der Waals surface area contributed by atoms with Crippen LogP contribution >= 0.6 is 0 Å². The van der Waals surface area contributed by atoms with Gasteiger partial charge in [0, 0.05) is 24.3 Å². The van der Waals surface area contributed by atoms with E-state index in [1.165, 1.54) is 0 Å². The summed E-state index contributed by atoms with van der Waals surface area (Å²) in [7, 11) is 0. The number of esters is 1. The van der Waals surface area contributed by atoms with Crippen LogP contribution in [0.1, 0.15) is 66.2 Å². The maximum Gasteiger partial charge on any atom is 0.333 e. The maximum atomic E-state index is 13.2. The van der Waals surface area contributed by atoms with Crippen LogP contribution in [0.2, 0.25) is 0 Å². The largest absolute Gasteiger partial charge is 0.458 e. The molecule has 4 aliphatic carbocycles. The van der Waals surface area contributed by atoms with E-state index in [2.05, 4.69) is 6.08 Å². The third kappa shape index (κ3) is 2.47. The van der Waals surface area contributed by atoms with E-state index >= 15 is 0 Å². The average molecular weight is 469 g/mol. The van der Waals surface area contributed by atoms with Crippen molar-refractivity contribution in [3.8, 4) is 0 Å². The summed E-state index contributed by atoms with van der Waals surface area (Å²) in [5, 5.41) is 24.5. The first-order chi connectivity index (χ1) is 16.0. The SMILES string of the molecule is CC1=C(C)C(=O)O[C@@H]([C@H]2CO[C@@]3(O)C[C@H]4[C@@H](CC=C5CC=CC(=O)[C@@]54C)[C@@H]4CC[C@]2(O)[C@]43C)C1. The zero-order valence-corrected chi connectivity index (χ0v) is 20.6. The average Bonchev–Trinajstić information content (AvgIpc) is 3.07. The summed E-state index contributed by atoms with van der Waals surface area (Å²) in [6.07, 6.45) is 9.24. The molecule has 1 saturated heterocycles. The predicted molar refractivity (Wildman–Crippen MR) is 124 cm³/mol. The van der Waals surface area contributed by atoms with Gasteiger partial charge in [-0.2, -0.15) is 0 Å². The monoisotopic (exact) mass is 468 g/mol. The molecule has 0 radical (unpaired) electrons. The summed E-state index contributed by atoms with van der Waals surface area (Å²) >= 11 is 0. The van der Waals surface area contributed by atoms with Crippen molar-refractivity contribution in [3.05, 3.63) is 34.9 Å². The molecule has 6 nitrogen and oxygen atoms in total. The molecule has 3 fully saturated rings. The first kappa shape index (κ1) is 22.7. The molecular weight excluding hydrogens is 432 g/mol. The van der Waals surface area contributed by atoms with E-state index in [4.69, 9.17) is 9.47 Å². The molecule has 2 heterocycles. The lowest BCUT2D eigenvalue weighted by Gasteiger charge is -2.66. The Balaban J connectivity index is 1.41. The van der Waals surface area contributed by atoms with Crippen LogP contribution in [0.4, 0.5) is 0 Å². The fourth-order valence-electron chi connectivity index (χ4n) is 8.93. The summed E-state index contributed by atoms with van der Waals surface area (Å²) in [6.45, 7) is 7.87. The van der Waals surface area contributed by atoms with Gasteiger partial charge in [0.15, 0.2) is 11.6 Å². The Morgan fingerprint density at radius 2 is 1.85 bits per heavy atom. The second-order valence-electron chi connectivity index (χ2n) is 12.1. The van der Waals surface area contributed by atoms with Crippen LogP contribution in [0.25, 0.3) is 0 Å². The zero-order chi connectivity index (χ0) is 24.3. The Labute approximate surface area is 201 Å². The molecule has 184 valence electrons. The number of carbonyl (C=O) groups excluding carboxylic acids is 2. The minimum atomic E-state index is -1.53. The van der Waals surface area contributed by atoms with Gasteiger partial charge < -0.3 is 19.7 Å². The molecular formula is C28H36O6. The summed E-state index contributed by atoms with van der Waals surface area (Å²) in [5.74, 6) is -2.00. The Kier molecular flexibility index (Phi) is 4.62. The molecule has 0 amide bonds. The first-order valence-electron chi connectivity index (χ1n) is 12.8. The maximum absolute atomic E-state index is 13.2. The third-order valence-electron chi connectivity index (χ3n) is 11.3. The van der Waals surface area contributed by atoms with Gasteiger partial charge in [0.2, 0.25) is 0 Å². The van der Waals surface area contributed by atoms with E-state index in [1.54, 1.807) is 13.0 Å². The van der Waals surface area contributed by atoms with Crippen molar-refractivity contribution in [2.75, 3.05) is 6.61 Å². The van der Waals surface area contributed by atoms with Crippen LogP contribution in [-0.2, 0) is 19.1 Å². The lowest BCUT2D eigenvalue weighted by atomic mass is 9.44. The smallest absolute Gasteiger partial charge is 0.333 e. The molecule has 9 atom stereocenters. The van der Waals surface area contributed by atoms with E-state index in [0.717, 1.165) is 30.4 Å². The van der Waals surface area contributed by atoms with E-state index in [0.29, 0.717) is 24.8 Å². The van der Waals surface area contributed by atoms with Gasteiger partial charge >= 0.3 is 5.97 Å². The van der Waals surface area contributed by atoms with Crippen molar-refractivity contribution in [2.24, 2.45) is 34.5 Å². The lowest BCUT2D eigenvalue weighted by Crippen LogP contribution is -2.74. The van der Waals surface area contributed by atoms with Crippen LogP contribution in [0.15, 0.2) is 34.9 Å². The highest BCUT2D eigenvalue weighted by molar-refractivity contribution is 5.98. The number of allylic oxidation sites excluding steroid dienone is 4. The predicted octanol–water partition coefficient (Wildman–Crippen LogP) is 3.62. The quantitative estimate of drug-likeness (QED) is 0.451. The number of ketones is 1. The van der Waals surface area contributed by atoms with Crippen molar-refractivity contribution < 1.29 is 29.3 Å². The van der Waals surface area contributed by atoms with Gasteiger partial charge in [-0.3, -0.25) is 4.79 Å². The second-order valence-corrected chi connectivity index (χ2v) is 12.1. The molecule has 0 aromatic carbocycles. The molecule has 0 aromatic rings. The Morgan fingerprint density at radius 1 is 1.09 bits per heavy atom. The Hall–Kier alpha value is -1.76. The first-order valence-corrected chi connectivity index (χ1v) is 12.8. The summed E-state index contributed by atoms with van der Waals surface area (Å²) in [5.41, 5.74) is 0.0202. The van der Waals surface area contributed by atoms with E-state index < -0.39 is 34.2 Å². The van der Waals surface area contributed by atoms with Crippen molar-refractivity contribution in [1.29, 1.82) is 0 Å². The molecule has 6 aliphatic rings. The van der Waals surface area contributed by atoms with E-state index in [1.807, 2.05) is 26.8 Å². The van der Waals surface area contributed by atoms with E-state index in [9.17, 15) is 19.8 Å². The Morgan fingerprint density at radius 3 is 2.59 bits per heavy atom. The van der Waals surface area contributed by atoms with Gasteiger partial charge in [-0.15, -0.1) is 0 Å². The summed E-state index contributed by atoms with van der Waals surface area (Å²) in [4.78, 5) is 25.7. The second kappa shape index (κ2) is 6.92. The topological polar surface area (TPSA) is 93.1 Å². The minimum absolute atomic E-state index is 0.00930. The molecule has 6 rings (SSSR count). The molecule has 2 aliphatic heterocycles. The number of ether oxygens (including phenoxy) is 2. The molecule has 2 N–H and O–H groups in total. The van der Waals surface area contributed by atoms with E-state index in [-0.39, 0.29) is 36.1 Å². The zero-order valence-electron chi connectivity index (χ0n) is 20.6. The van der Waals surface area contributed by atoms with Gasteiger partial charge in [0.25, 0.3) is 0 Å². The normalized spacial score (nSPS) is 51.9. The van der Waals surface area contributed by atoms with Crippen molar-refractivity contribution in [2.45, 2.75) is 83.7 Å². The number of aliphatic hydroxyl groups is 2. The molecule has 0 spiro atoms. The molecule has 34 heavy (non-hydrogen) atoms. The molecule has 6 heteroatoms. The third-order valence-corrected chi connectivity index (χ3v) is 11.3. The van der Waals surface area contributed by atoms with Crippen molar-refractivity contribution in [3.63, 3.8) is 0 Å². The molecule has 0 unspecified atom stereocenters. The van der Waals surface area contributed by atoms with Gasteiger partial charge in [-0.05, 0) is 70.3 Å². The highest BCUT2D eigenvalue weighted by Gasteiger charge is 2.77. The standard InChI is InChI=1S/C28H36O6/c1-15-12-22(34-24(30)16(15)2)21-14-33-28(32)13-20-18(19-10-11-27(21,31)26(19,28)4)9-8-17-6-5-7-23(29)25(17,20)3/h5,7-8,18-22,31-32H,6,9-14H2,1-4H3/t18-,19-,20-,21+,22+,25-,26-,27+,28-/m0/s1. The van der Waals surface area contributed by atoms with Crippen LogP contribution in [-0.4, -0.2) is 46.1 Å². The van der Waals surface area contributed by atoms with Gasteiger partial charge in [0.05, 0.1) is 23.0 Å². The van der Waals surface area contributed by atoms with Gasteiger partial charge in [0.1, 0.15) is 6.10 Å². The highest BCUT2D eigenvalue weighted by atomic mass is 16.6. The van der Waals surface area contributed by atoms with Gasteiger partial charge in [-0.25, -0.2) is 4.79 Å². The number of hydrogen-bond donors (Lipinski definition) is 2. The van der Waals surface area contributed by atoms with Crippen LogP contribution in [0, 0.1) is 34.5 Å². The number of hydrogen-bond acceptors (Lipinski definition) is 6. The molecule has 0 bridgehead atoms. The highest BCUT2D eigenvalue weighted by Crippen LogP contribution is 2.72. The molecule has 0 aromatic heterocycles. The number of carbonyl (C=O) groups is 2. The van der Waals surface area contributed by atoms with Crippen LogP contribution in [0.5, 0.6) is 0 Å². The van der Waals surface area contributed by atoms with Crippen LogP contribution < -0.4 is 0 Å². The summed E-state index contributed by atoms with van der Waals surface area (Å²) < 4.78 is 12.1. The summed E-state index contributed by atoms with van der Waals surface area (Å²) in [6, 6.07) is 0. The molecule has 2 saturated carbocycles. The van der Waals surface area contributed by atoms with Crippen molar-refractivity contribution in [1.82, 2.24) is 0 Å². The number of fused-ring (bicyclic) bond motifs is 4. The minimum Gasteiger partial charge on any atom is -0.458 e. The number of rotatable bonds is 1. The Bertz CT molecular complexity index is 1070. The fraction of sp³-hybridized carbons (Fsp3) is 0.714. The lowest BCUT2D eigenvalue weighted by molar-refractivity contribution is -0.395. The van der Waals surface area contributed by atoms with Crippen molar-refractivity contribution >= 4 is 11.8 Å². The van der Waals surface area contributed by atoms with Crippen LogP contribution in [0.3, 0.4) is 0 Å². The number of cyclic esters (lactones) is 1. The van der Waals surface area contributed by atoms with Gasteiger partial charge in [-0.1, -0.05) is 30.2 Å². The fourth-order valence-corrected chi connectivity index (χ4v) is 8.93.